The number of nitrogens with zero attached hydrogens (tertiary/aromatic N) is 3. The maximum atomic E-state index is 14.0. The van der Waals surface area contributed by atoms with E-state index in [0.717, 1.165) is 38.5 Å². The van der Waals surface area contributed by atoms with Crippen LogP contribution in [0.15, 0.2) is 18.2 Å². The summed E-state index contributed by atoms with van der Waals surface area (Å²) in [7, 11) is 3.76. The maximum absolute atomic E-state index is 14.0. The first-order valence-corrected chi connectivity index (χ1v) is 7.41. The average molecular weight is 311 g/mol. The van der Waals surface area contributed by atoms with E-state index in [1.165, 1.54) is 12.1 Å². The minimum atomic E-state index is -0.580. The van der Waals surface area contributed by atoms with Crippen LogP contribution in [0.4, 0.5) is 15.8 Å². The molecule has 1 aliphatic rings. The van der Waals surface area contributed by atoms with E-state index in [1.54, 1.807) is 7.11 Å². The van der Waals surface area contributed by atoms with Gasteiger partial charge in [0, 0.05) is 38.9 Å². The first-order valence-electron chi connectivity index (χ1n) is 7.41. The van der Waals surface area contributed by atoms with Crippen molar-refractivity contribution >= 4 is 11.4 Å². The molecular weight excluding hydrogens is 289 g/mol. The van der Waals surface area contributed by atoms with Crippen molar-refractivity contribution in [2.24, 2.45) is 0 Å². The van der Waals surface area contributed by atoms with Gasteiger partial charge in [-0.05, 0) is 26.0 Å². The lowest BCUT2D eigenvalue weighted by molar-refractivity contribution is -0.385. The van der Waals surface area contributed by atoms with E-state index in [4.69, 9.17) is 4.74 Å². The molecule has 0 amide bonds. The van der Waals surface area contributed by atoms with E-state index in [2.05, 4.69) is 11.9 Å². The van der Waals surface area contributed by atoms with Gasteiger partial charge in [0.15, 0.2) is 5.82 Å². The van der Waals surface area contributed by atoms with Crippen molar-refractivity contribution in [2.75, 3.05) is 45.3 Å². The molecule has 0 unspecified atom stereocenters. The van der Waals surface area contributed by atoms with Gasteiger partial charge in [0.25, 0.3) is 5.69 Å². The smallest absolute Gasteiger partial charge is 0.272 e. The normalized spacial score (nSPS) is 16.3. The van der Waals surface area contributed by atoms with E-state index in [1.807, 2.05) is 4.90 Å². The van der Waals surface area contributed by atoms with E-state index in [9.17, 15) is 14.5 Å². The zero-order valence-corrected chi connectivity index (χ0v) is 13.0. The van der Waals surface area contributed by atoms with Crippen LogP contribution in [0.3, 0.4) is 0 Å². The van der Waals surface area contributed by atoms with Crippen LogP contribution in [0.2, 0.25) is 0 Å². The molecule has 1 aromatic rings. The van der Waals surface area contributed by atoms with E-state index in [0.29, 0.717) is 18.3 Å². The van der Waals surface area contributed by atoms with Crippen LogP contribution in [-0.4, -0.2) is 56.3 Å². The van der Waals surface area contributed by atoms with Crippen molar-refractivity contribution in [3.8, 4) is 0 Å². The Labute approximate surface area is 129 Å². The van der Waals surface area contributed by atoms with Crippen LogP contribution in [0, 0.1) is 15.9 Å². The molecule has 0 spiro atoms. The van der Waals surface area contributed by atoms with Crippen LogP contribution in [-0.2, 0) is 4.74 Å². The molecule has 0 atom stereocenters. The third-order valence-electron chi connectivity index (χ3n) is 4.22. The number of halogens is 1. The Morgan fingerprint density at radius 1 is 1.45 bits per heavy atom. The van der Waals surface area contributed by atoms with Crippen molar-refractivity contribution in [3.05, 3.63) is 34.1 Å². The predicted molar refractivity (Wildman–Crippen MR) is 82.8 cm³/mol. The maximum Gasteiger partial charge on any atom is 0.272 e. The van der Waals surface area contributed by atoms with Gasteiger partial charge >= 0.3 is 0 Å². The average Bonchev–Trinajstić information content (AvgIpc) is 2.52. The zero-order valence-electron chi connectivity index (χ0n) is 13.0. The minimum Gasteiger partial charge on any atom is -0.383 e. The molecule has 0 saturated carbocycles. The fourth-order valence-electron chi connectivity index (χ4n) is 2.83. The van der Waals surface area contributed by atoms with Gasteiger partial charge in [0.1, 0.15) is 0 Å². The van der Waals surface area contributed by atoms with Gasteiger partial charge in [-0.2, -0.15) is 0 Å². The number of piperidine rings is 1. The summed E-state index contributed by atoms with van der Waals surface area (Å²) in [5.74, 6) is -0.527. The van der Waals surface area contributed by atoms with E-state index < -0.39 is 10.7 Å². The van der Waals surface area contributed by atoms with Gasteiger partial charge in [-0.3, -0.25) is 10.1 Å². The summed E-state index contributed by atoms with van der Waals surface area (Å²) in [6, 6.07) is 4.32. The number of nitro groups is 1. The molecule has 1 aromatic carbocycles. The van der Waals surface area contributed by atoms with Crippen molar-refractivity contribution in [2.45, 2.75) is 18.9 Å². The lowest BCUT2D eigenvalue weighted by atomic mass is 10.0. The summed E-state index contributed by atoms with van der Waals surface area (Å²) >= 11 is 0. The molecule has 7 heteroatoms. The highest BCUT2D eigenvalue weighted by Gasteiger charge is 2.24. The molecule has 0 bridgehead atoms. The highest BCUT2D eigenvalue weighted by Crippen LogP contribution is 2.27. The number of nitro benzene ring substituents is 1. The topological polar surface area (TPSA) is 58.8 Å². The van der Waals surface area contributed by atoms with Crippen LogP contribution in [0.25, 0.3) is 0 Å². The molecule has 122 valence electrons. The van der Waals surface area contributed by atoms with Crippen molar-refractivity contribution in [1.82, 2.24) is 4.90 Å². The summed E-state index contributed by atoms with van der Waals surface area (Å²) in [6.45, 7) is 3.08. The fraction of sp³-hybridized carbons (Fsp3) is 0.600. The Morgan fingerprint density at radius 3 is 2.68 bits per heavy atom. The standard InChI is InChI=1S/C15H22FN3O3/c1-17(9-10-22-2)12-5-7-18(8-6-12)15-4-3-13(19(20)21)11-14(15)16/h3-4,11-12H,5-10H2,1-2H3. The molecule has 1 saturated heterocycles. The van der Waals surface area contributed by atoms with Gasteiger partial charge in [-0.1, -0.05) is 0 Å². The number of methoxy groups -OCH3 is 1. The lowest BCUT2D eigenvalue weighted by Crippen LogP contribution is -2.44. The lowest BCUT2D eigenvalue weighted by Gasteiger charge is -2.37. The number of hydrogen-bond acceptors (Lipinski definition) is 5. The summed E-state index contributed by atoms with van der Waals surface area (Å²) in [5.41, 5.74) is 0.235. The molecule has 0 N–H and O–H groups in total. The Morgan fingerprint density at radius 2 is 2.14 bits per heavy atom. The molecule has 1 aliphatic heterocycles. The number of rotatable bonds is 6. The Kier molecular flexibility index (Phi) is 5.68. The predicted octanol–water partition coefficient (Wildman–Crippen LogP) is 2.28. The molecule has 2 rings (SSSR count). The van der Waals surface area contributed by atoms with E-state index >= 15 is 0 Å². The zero-order chi connectivity index (χ0) is 16.1. The Bertz CT molecular complexity index is 519. The van der Waals surface area contributed by atoms with E-state index in [-0.39, 0.29) is 5.69 Å². The largest absolute Gasteiger partial charge is 0.383 e. The summed E-state index contributed by atoms with van der Waals surface area (Å²) in [6.07, 6.45) is 1.88. The second-order valence-electron chi connectivity index (χ2n) is 5.58. The highest BCUT2D eigenvalue weighted by molar-refractivity contribution is 5.52. The third kappa shape index (κ3) is 3.92. The van der Waals surface area contributed by atoms with Crippen LogP contribution in [0.5, 0.6) is 0 Å². The number of likely N-dealkylation sites (N-methyl/N-ethyl adjacent to an activating group) is 1. The number of benzene rings is 1. The molecular formula is C15H22FN3O3. The minimum absolute atomic E-state index is 0.213. The molecule has 1 heterocycles. The van der Waals surface area contributed by atoms with Crippen molar-refractivity contribution in [1.29, 1.82) is 0 Å². The van der Waals surface area contributed by atoms with Gasteiger partial charge in [-0.25, -0.2) is 4.39 Å². The van der Waals surface area contributed by atoms with Crippen LogP contribution < -0.4 is 4.90 Å². The van der Waals surface area contributed by atoms with Crippen molar-refractivity contribution < 1.29 is 14.1 Å². The third-order valence-corrected chi connectivity index (χ3v) is 4.22. The Hall–Kier alpha value is -1.73. The van der Waals surface area contributed by atoms with Gasteiger partial charge in [0.2, 0.25) is 0 Å². The first kappa shape index (κ1) is 16.6. The van der Waals surface area contributed by atoms with Gasteiger partial charge < -0.3 is 14.5 Å². The summed E-state index contributed by atoms with van der Waals surface area (Å²) < 4.78 is 19.1. The molecule has 1 fully saturated rings. The first-order chi connectivity index (χ1) is 10.5. The Balaban J connectivity index is 1.95. The summed E-state index contributed by atoms with van der Waals surface area (Å²) in [5, 5.41) is 10.7. The SMILES string of the molecule is COCCN(C)C1CCN(c2ccc([N+](=O)[O-])cc2F)CC1. The molecule has 22 heavy (non-hydrogen) atoms. The number of non-ortho nitro benzene ring substituents is 1. The highest BCUT2D eigenvalue weighted by atomic mass is 19.1. The number of ether oxygens (including phenoxy) is 1. The van der Waals surface area contributed by atoms with Crippen LogP contribution in [0.1, 0.15) is 12.8 Å². The molecule has 0 radical (unpaired) electrons. The molecule has 6 nitrogen and oxygen atoms in total. The van der Waals surface area contributed by atoms with Gasteiger partial charge in [-0.15, -0.1) is 0 Å². The van der Waals surface area contributed by atoms with Gasteiger partial charge in [0.05, 0.1) is 23.3 Å². The van der Waals surface area contributed by atoms with Crippen molar-refractivity contribution in [3.63, 3.8) is 0 Å². The summed E-state index contributed by atoms with van der Waals surface area (Å²) in [4.78, 5) is 14.3. The molecule has 0 aromatic heterocycles. The number of anilines is 1. The quantitative estimate of drug-likeness (QED) is 0.596. The second kappa shape index (κ2) is 7.51. The monoisotopic (exact) mass is 311 g/mol. The number of hydrogen-bond donors (Lipinski definition) is 0. The fourth-order valence-corrected chi connectivity index (χ4v) is 2.83. The second-order valence-corrected chi connectivity index (χ2v) is 5.58. The van der Waals surface area contributed by atoms with Crippen LogP contribution >= 0.6 is 0 Å². The molecule has 0 aliphatic carbocycles.